The number of sulfonamides is 1. The third-order valence-electron chi connectivity index (χ3n) is 5.43. The Morgan fingerprint density at radius 3 is 2.73 bits per heavy atom. The highest BCUT2D eigenvalue weighted by Gasteiger charge is 2.25. The second-order valence-corrected chi connectivity index (χ2v) is 9.70. The Morgan fingerprint density at radius 2 is 2.03 bits per heavy atom. The first-order valence-electron chi connectivity index (χ1n) is 10.5. The summed E-state index contributed by atoms with van der Waals surface area (Å²) in [6, 6.07) is 7.43. The van der Waals surface area contributed by atoms with Crippen molar-refractivity contribution >= 4 is 50.1 Å². The predicted molar refractivity (Wildman–Crippen MR) is 124 cm³/mol. The minimum Gasteiger partial charge on any atom is -0.460 e. The van der Waals surface area contributed by atoms with Gasteiger partial charge in [0.25, 0.3) is 10.0 Å². The van der Waals surface area contributed by atoms with Crippen molar-refractivity contribution in [3.63, 3.8) is 0 Å². The number of hydrogen-bond donors (Lipinski definition) is 1. The molecule has 9 nitrogen and oxygen atoms in total. The van der Waals surface area contributed by atoms with Crippen LogP contribution in [0.15, 0.2) is 45.8 Å². The fourth-order valence-corrected chi connectivity index (χ4v) is 4.97. The number of halogens is 1. The molecular weight excluding hydrogens is 470 g/mol. The van der Waals surface area contributed by atoms with E-state index in [1.165, 1.54) is 30.5 Å². The van der Waals surface area contributed by atoms with Crippen LogP contribution in [-0.4, -0.2) is 52.3 Å². The number of nitrogens with one attached hydrogen (secondary N) is 1. The van der Waals surface area contributed by atoms with Crippen LogP contribution >= 0.6 is 11.6 Å². The van der Waals surface area contributed by atoms with E-state index in [9.17, 15) is 13.2 Å². The zero-order valence-electron chi connectivity index (χ0n) is 18.2. The lowest BCUT2D eigenvalue weighted by atomic mass is 10.1. The molecule has 0 bridgehead atoms. The Hall–Kier alpha value is -2.82. The molecule has 3 aromatic rings. The van der Waals surface area contributed by atoms with Crippen LogP contribution in [-0.2, 0) is 19.5 Å². The van der Waals surface area contributed by atoms with Crippen molar-refractivity contribution in [1.82, 2.24) is 4.98 Å². The number of methoxy groups -OCH3 is 1. The van der Waals surface area contributed by atoms with Gasteiger partial charge in [-0.3, -0.25) is 4.72 Å². The molecular formula is C22H24ClN3O6S. The first-order valence-corrected chi connectivity index (χ1v) is 12.3. The van der Waals surface area contributed by atoms with E-state index in [1.54, 1.807) is 20.1 Å². The number of fused-ring (bicyclic) bond motifs is 1. The monoisotopic (exact) mass is 493 g/mol. The highest BCUT2D eigenvalue weighted by atomic mass is 35.5. The van der Waals surface area contributed by atoms with Gasteiger partial charge in [-0.2, -0.15) is 0 Å². The minimum atomic E-state index is -4.00. The minimum absolute atomic E-state index is 0.00939. The fourth-order valence-electron chi connectivity index (χ4n) is 3.75. The second-order valence-electron chi connectivity index (χ2n) is 7.58. The standard InChI is InChI=1S/C22H24ClN3O6S/c1-3-31-22(27)20-10-14-4-5-17(12-19(14)32-20)33(28,29)25-18-11-15(23)13-24-21(18)26-8-6-16(30-2)7-9-26/h4-5,10-13,16,25H,3,6-9H2,1-2H3. The zero-order chi connectivity index (χ0) is 23.6. The normalized spacial score (nSPS) is 15.1. The molecule has 1 fully saturated rings. The summed E-state index contributed by atoms with van der Waals surface area (Å²) in [6.07, 6.45) is 3.28. The van der Waals surface area contributed by atoms with Gasteiger partial charge < -0.3 is 18.8 Å². The summed E-state index contributed by atoms with van der Waals surface area (Å²) in [5, 5.41) is 0.895. The number of benzene rings is 1. The number of anilines is 2. The third kappa shape index (κ3) is 5.07. The van der Waals surface area contributed by atoms with E-state index in [1.807, 2.05) is 4.90 Å². The number of esters is 1. The van der Waals surface area contributed by atoms with Gasteiger partial charge in [-0.15, -0.1) is 0 Å². The summed E-state index contributed by atoms with van der Waals surface area (Å²) < 4.78 is 44.8. The lowest BCUT2D eigenvalue weighted by Crippen LogP contribution is -2.37. The van der Waals surface area contributed by atoms with Gasteiger partial charge in [0.05, 0.1) is 28.3 Å². The van der Waals surface area contributed by atoms with Crippen LogP contribution in [0.5, 0.6) is 0 Å². The maximum atomic E-state index is 13.2. The molecule has 0 aliphatic carbocycles. The van der Waals surface area contributed by atoms with E-state index in [0.717, 1.165) is 12.8 Å². The molecule has 3 heterocycles. The quantitative estimate of drug-likeness (QED) is 0.490. The number of carbonyl (C=O) groups excluding carboxylic acids is 1. The zero-order valence-corrected chi connectivity index (χ0v) is 19.8. The largest absolute Gasteiger partial charge is 0.460 e. The number of ether oxygens (including phenoxy) is 2. The van der Waals surface area contributed by atoms with Crippen LogP contribution in [0.4, 0.5) is 11.5 Å². The number of furan rings is 1. The van der Waals surface area contributed by atoms with Crippen molar-refractivity contribution in [2.24, 2.45) is 0 Å². The molecule has 2 aromatic heterocycles. The van der Waals surface area contributed by atoms with Crippen LogP contribution in [0.2, 0.25) is 5.02 Å². The van der Waals surface area contributed by atoms with Crippen LogP contribution in [0, 0.1) is 0 Å². The average Bonchev–Trinajstić information content (AvgIpc) is 3.23. The second kappa shape index (κ2) is 9.58. The molecule has 1 aliphatic heterocycles. The van der Waals surface area contributed by atoms with Gasteiger partial charge in [-0.05, 0) is 44.0 Å². The Kier molecular flexibility index (Phi) is 6.78. The predicted octanol–water partition coefficient (Wildman–Crippen LogP) is 4.07. The van der Waals surface area contributed by atoms with Crippen LogP contribution in [0.25, 0.3) is 11.0 Å². The fraction of sp³-hybridized carbons (Fsp3) is 0.364. The molecule has 1 aromatic carbocycles. The first kappa shape index (κ1) is 23.3. The number of nitrogens with zero attached hydrogens (tertiary/aromatic N) is 2. The van der Waals surface area contributed by atoms with Gasteiger partial charge >= 0.3 is 5.97 Å². The molecule has 0 unspecified atom stereocenters. The summed E-state index contributed by atoms with van der Waals surface area (Å²) in [6.45, 7) is 3.25. The van der Waals surface area contributed by atoms with E-state index in [2.05, 4.69) is 9.71 Å². The molecule has 1 aliphatic rings. The molecule has 0 radical (unpaired) electrons. The molecule has 4 rings (SSSR count). The van der Waals surface area contributed by atoms with Gasteiger partial charge in [0.2, 0.25) is 5.76 Å². The molecule has 0 saturated carbocycles. The molecule has 176 valence electrons. The lowest BCUT2D eigenvalue weighted by molar-refractivity contribution is 0.0492. The smallest absolute Gasteiger partial charge is 0.374 e. The van der Waals surface area contributed by atoms with E-state index < -0.39 is 16.0 Å². The summed E-state index contributed by atoms with van der Waals surface area (Å²) >= 11 is 6.12. The number of aromatic nitrogens is 1. The Morgan fingerprint density at radius 1 is 1.27 bits per heavy atom. The SMILES string of the molecule is CCOC(=O)c1cc2ccc(S(=O)(=O)Nc3cc(Cl)cnc3N3CCC(OC)CC3)cc2o1. The van der Waals surface area contributed by atoms with Crippen molar-refractivity contribution in [1.29, 1.82) is 0 Å². The van der Waals surface area contributed by atoms with Crippen molar-refractivity contribution in [2.45, 2.75) is 30.8 Å². The first-order chi connectivity index (χ1) is 15.8. The number of piperidine rings is 1. The van der Waals surface area contributed by atoms with Crippen molar-refractivity contribution < 1.29 is 27.1 Å². The van der Waals surface area contributed by atoms with E-state index in [4.69, 9.17) is 25.5 Å². The number of hydrogen-bond acceptors (Lipinski definition) is 8. The van der Waals surface area contributed by atoms with Crippen LogP contribution < -0.4 is 9.62 Å². The van der Waals surface area contributed by atoms with Gasteiger partial charge in [0, 0.05) is 37.8 Å². The maximum Gasteiger partial charge on any atom is 0.374 e. The molecule has 33 heavy (non-hydrogen) atoms. The number of rotatable bonds is 7. The molecule has 11 heteroatoms. The van der Waals surface area contributed by atoms with E-state index in [-0.39, 0.29) is 34.6 Å². The van der Waals surface area contributed by atoms with E-state index >= 15 is 0 Å². The van der Waals surface area contributed by atoms with Gasteiger partial charge in [0.15, 0.2) is 5.82 Å². The summed E-state index contributed by atoms with van der Waals surface area (Å²) in [7, 11) is -2.31. The maximum absolute atomic E-state index is 13.2. The van der Waals surface area contributed by atoms with Gasteiger partial charge in [-0.1, -0.05) is 11.6 Å². The molecule has 0 spiro atoms. The number of carbonyl (C=O) groups is 1. The van der Waals surface area contributed by atoms with E-state index in [0.29, 0.717) is 29.3 Å². The molecule has 1 N–H and O–H groups in total. The van der Waals surface area contributed by atoms with Crippen LogP contribution in [0.3, 0.4) is 0 Å². The summed E-state index contributed by atoms with van der Waals surface area (Å²) in [5.41, 5.74) is 0.539. The Bertz CT molecular complexity index is 1270. The van der Waals surface area contributed by atoms with Gasteiger partial charge in [-0.25, -0.2) is 18.2 Å². The van der Waals surface area contributed by atoms with Crippen molar-refractivity contribution in [3.05, 3.63) is 47.3 Å². The Balaban J connectivity index is 1.61. The highest BCUT2D eigenvalue weighted by molar-refractivity contribution is 7.92. The van der Waals surface area contributed by atoms with Crippen molar-refractivity contribution in [3.8, 4) is 0 Å². The Labute approximate surface area is 196 Å². The topological polar surface area (TPSA) is 111 Å². The number of pyridine rings is 1. The van der Waals surface area contributed by atoms with Crippen molar-refractivity contribution in [2.75, 3.05) is 36.4 Å². The average molecular weight is 494 g/mol. The molecule has 0 atom stereocenters. The summed E-state index contributed by atoms with van der Waals surface area (Å²) in [5.74, 6) is -0.0977. The van der Waals surface area contributed by atoms with Gasteiger partial charge in [0.1, 0.15) is 5.58 Å². The molecule has 1 saturated heterocycles. The molecule has 0 amide bonds. The van der Waals surface area contributed by atoms with Crippen LogP contribution in [0.1, 0.15) is 30.3 Å². The lowest BCUT2D eigenvalue weighted by Gasteiger charge is -2.33. The highest BCUT2D eigenvalue weighted by Crippen LogP contribution is 2.32. The third-order valence-corrected chi connectivity index (χ3v) is 7.00. The summed E-state index contributed by atoms with van der Waals surface area (Å²) in [4.78, 5) is 18.3.